The van der Waals surface area contributed by atoms with Crippen LogP contribution in [0.3, 0.4) is 0 Å². The van der Waals surface area contributed by atoms with Gasteiger partial charge in [0, 0.05) is 0 Å². The van der Waals surface area contributed by atoms with E-state index in [2.05, 4.69) is 13.8 Å². The summed E-state index contributed by atoms with van der Waals surface area (Å²) in [6.45, 7) is 12.1. The van der Waals surface area contributed by atoms with Gasteiger partial charge in [-0.1, -0.05) is 65.2 Å². The lowest BCUT2D eigenvalue weighted by molar-refractivity contribution is -0.933. The third-order valence-electron chi connectivity index (χ3n) is 5.28. The minimum atomic E-state index is -0.293. The molecule has 0 fully saturated rings. The largest absolute Gasteiger partial charge is 0.388 e. The monoisotopic (exact) mass is 358 g/mol. The molecule has 0 aliphatic heterocycles. The summed E-state index contributed by atoms with van der Waals surface area (Å²) in [7, 11) is 0. The van der Waals surface area contributed by atoms with E-state index in [-0.39, 0.29) is 12.2 Å². The quantitative estimate of drug-likeness (QED) is 0.258. The number of quaternary nitrogens is 1. The maximum absolute atomic E-state index is 10.0. The SMILES string of the molecule is CCCCCCCC[N+](CCCCCCCC)(CC(C)O)CC(C)O. The van der Waals surface area contributed by atoms with Crippen LogP contribution < -0.4 is 0 Å². The van der Waals surface area contributed by atoms with Crippen LogP contribution in [0.25, 0.3) is 0 Å². The lowest BCUT2D eigenvalue weighted by Crippen LogP contribution is -2.56. The summed E-state index contributed by atoms with van der Waals surface area (Å²) >= 11 is 0. The van der Waals surface area contributed by atoms with Crippen molar-refractivity contribution < 1.29 is 14.7 Å². The van der Waals surface area contributed by atoms with E-state index in [0.29, 0.717) is 0 Å². The fourth-order valence-corrected chi connectivity index (χ4v) is 4.13. The van der Waals surface area contributed by atoms with Crippen LogP contribution in [0.2, 0.25) is 0 Å². The summed E-state index contributed by atoms with van der Waals surface area (Å²) in [5, 5.41) is 20.1. The molecule has 3 heteroatoms. The number of unbranched alkanes of at least 4 members (excludes halogenated alkanes) is 10. The van der Waals surface area contributed by atoms with Gasteiger partial charge in [0.1, 0.15) is 25.3 Å². The maximum atomic E-state index is 10.0. The van der Waals surface area contributed by atoms with Gasteiger partial charge in [-0.25, -0.2) is 0 Å². The van der Waals surface area contributed by atoms with E-state index in [1.54, 1.807) is 0 Å². The molecular weight excluding hydrogens is 310 g/mol. The van der Waals surface area contributed by atoms with Crippen molar-refractivity contribution in [1.82, 2.24) is 0 Å². The van der Waals surface area contributed by atoms with Crippen LogP contribution in [0.5, 0.6) is 0 Å². The minimum Gasteiger partial charge on any atom is -0.388 e. The zero-order valence-electron chi connectivity index (χ0n) is 17.8. The molecule has 2 N–H and O–H groups in total. The van der Waals surface area contributed by atoms with E-state index in [1.807, 2.05) is 13.8 Å². The summed E-state index contributed by atoms with van der Waals surface area (Å²) in [6, 6.07) is 0. The van der Waals surface area contributed by atoms with Crippen LogP contribution >= 0.6 is 0 Å². The first kappa shape index (κ1) is 24.9. The first-order valence-electron chi connectivity index (χ1n) is 11.2. The summed E-state index contributed by atoms with van der Waals surface area (Å²) in [6.07, 6.45) is 15.1. The van der Waals surface area contributed by atoms with Crippen LogP contribution in [-0.4, -0.2) is 53.1 Å². The Morgan fingerprint density at radius 1 is 0.560 bits per heavy atom. The Labute approximate surface area is 158 Å². The van der Waals surface area contributed by atoms with Crippen molar-refractivity contribution >= 4 is 0 Å². The smallest absolute Gasteiger partial charge is 0.105 e. The molecule has 0 saturated carbocycles. The number of aliphatic hydroxyl groups is 2. The molecule has 0 saturated heterocycles. The van der Waals surface area contributed by atoms with Gasteiger partial charge in [0.2, 0.25) is 0 Å². The zero-order valence-corrected chi connectivity index (χ0v) is 17.8. The number of hydrogen-bond donors (Lipinski definition) is 2. The highest BCUT2D eigenvalue weighted by atomic mass is 16.3. The van der Waals surface area contributed by atoms with Gasteiger partial charge in [-0.3, -0.25) is 0 Å². The van der Waals surface area contributed by atoms with Crippen molar-refractivity contribution in [3.8, 4) is 0 Å². The predicted molar refractivity (Wildman–Crippen MR) is 110 cm³/mol. The van der Waals surface area contributed by atoms with Crippen LogP contribution in [0.1, 0.15) is 105 Å². The third-order valence-corrected chi connectivity index (χ3v) is 5.28. The molecule has 2 unspecified atom stereocenters. The van der Waals surface area contributed by atoms with E-state index in [1.165, 1.54) is 77.0 Å². The molecule has 0 aromatic carbocycles. The number of nitrogens with zero attached hydrogens (tertiary/aromatic N) is 1. The van der Waals surface area contributed by atoms with Crippen molar-refractivity contribution in [3.05, 3.63) is 0 Å². The molecule has 0 aromatic rings. The average Bonchev–Trinajstić information content (AvgIpc) is 2.53. The Kier molecular flexibility index (Phi) is 16.0. The Hall–Kier alpha value is -0.120. The van der Waals surface area contributed by atoms with Gasteiger partial charge in [-0.15, -0.1) is 0 Å². The summed E-state index contributed by atoms with van der Waals surface area (Å²) in [5.74, 6) is 0. The van der Waals surface area contributed by atoms with E-state index in [4.69, 9.17) is 0 Å². The van der Waals surface area contributed by atoms with Gasteiger partial charge in [0.05, 0.1) is 13.1 Å². The van der Waals surface area contributed by atoms with E-state index < -0.39 is 0 Å². The molecular formula is C22H48NO2+. The first-order chi connectivity index (χ1) is 12.0. The Morgan fingerprint density at radius 2 is 0.880 bits per heavy atom. The van der Waals surface area contributed by atoms with Crippen LogP contribution in [0.4, 0.5) is 0 Å². The second-order valence-corrected chi connectivity index (χ2v) is 8.39. The average molecular weight is 359 g/mol. The maximum Gasteiger partial charge on any atom is 0.105 e. The topological polar surface area (TPSA) is 40.5 Å². The number of hydrogen-bond acceptors (Lipinski definition) is 2. The molecule has 0 radical (unpaired) electrons. The second kappa shape index (κ2) is 16.1. The summed E-state index contributed by atoms with van der Waals surface area (Å²) < 4.78 is 0.900. The van der Waals surface area contributed by atoms with Gasteiger partial charge < -0.3 is 14.7 Å². The second-order valence-electron chi connectivity index (χ2n) is 8.39. The highest BCUT2D eigenvalue weighted by Crippen LogP contribution is 2.18. The van der Waals surface area contributed by atoms with Crippen molar-refractivity contribution in [2.45, 2.75) is 117 Å². The highest BCUT2D eigenvalue weighted by molar-refractivity contribution is 4.57. The summed E-state index contributed by atoms with van der Waals surface area (Å²) in [5.41, 5.74) is 0. The predicted octanol–water partition coefficient (Wildman–Crippen LogP) is 5.29. The van der Waals surface area contributed by atoms with E-state index >= 15 is 0 Å². The van der Waals surface area contributed by atoms with Crippen molar-refractivity contribution in [2.24, 2.45) is 0 Å². The highest BCUT2D eigenvalue weighted by Gasteiger charge is 2.30. The molecule has 152 valence electrons. The van der Waals surface area contributed by atoms with Crippen molar-refractivity contribution in [3.63, 3.8) is 0 Å². The van der Waals surface area contributed by atoms with Gasteiger partial charge >= 0.3 is 0 Å². The normalized spacial score (nSPS) is 14.6. The molecule has 0 amide bonds. The van der Waals surface area contributed by atoms with Crippen molar-refractivity contribution in [2.75, 3.05) is 26.2 Å². The van der Waals surface area contributed by atoms with Crippen LogP contribution in [-0.2, 0) is 0 Å². The minimum absolute atomic E-state index is 0.293. The Bertz CT molecular complexity index is 251. The molecule has 0 aliphatic carbocycles. The molecule has 0 aromatic heterocycles. The van der Waals surface area contributed by atoms with Gasteiger partial charge in [-0.2, -0.15) is 0 Å². The lowest BCUT2D eigenvalue weighted by Gasteiger charge is -2.41. The standard InChI is InChI=1S/C22H48NO2/c1-5-7-9-11-13-15-17-23(19-21(3)24,20-22(4)25)18-16-14-12-10-8-6-2/h21-22,24-25H,5-20H2,1-4H3/q+1. The van der Waals surface area contributed by atoms with E-state index in [0.717, 1.165) is 30.7 Å². The van der Waals surface area contributed by atoms with Gasteiger partial charge in [0.15, 0.2) is 0 Å². The first-order valence-corrected chi connectivity index (χ1v) is 11.2. The third kappa shape index (κ3) is 14.7. The van der Waals surface area contributed by atoms with E-state index in [9.17, 15) is 10.2 Å². The molecule has 0 heterocycles. The fraction of sp³-hybridized carbons (Fsp3) is 1.00. The molecule has 0 spiro atoms. The van der Waals surface area contributed by atoms with Crippen LogP contribution in [0, 0.1) is 0 Å². The Balaban J connectivity index is 4.47. The molecule has 0 bridgehead atoms. The molecule has 3 nitrogen and oxygen atoms in total. The number of rotatable bonds is 18. The van der Waals surface area contributed by atoms with Gasteiger partial charge in [-0.05, 0) is 39.5 Å². The lowest BCUT2D eigenvalue weighted by atomic mass is 10.1. The Morgan fingerprint density at radius 3 is 1.20 bits per heavy atom. The molecule has 0 aliphatic rings. The van der Waals surface area contributed by atoms with Gasteiger partial charge in [0.25, 0.3) is 0 Å². The molecule has 0 rings (SSSR count). The van der Waals surface area contributed by atoms with Crippen LogP contribution in [0.15, 0.2) is 0 Å². The summed E-state index contributed by atoms with van der Waals surface area (Å²) in [4.78, 5) is 0. The molecule has 25 heavy (non-hydrogen) atoms. The molecule has 2 atom stereocenters. The van der Waals surface area contributed by atoms with Crippen molar-refractivity contribution in [1.29, 1.82) is 0 Å². The zero-order chi connectivity index (χ0) is 19.0. The fourth-order valence-electron chi connectivity index (χ4n) is 4.13. The number of aliphatic hydroxyl groups excluding tert-OH is 2.